The summed E-state index contributed by atoms with van der Waals surface area (Å²) < 4.78 is 0. The number of allylic oxidation sites excluding steroid dienone is 11. The molecule has 2 unspecified atom stereocenters. The molecule has 4 rings (SSSR count). The molecular weight excluding hydrogens is 446 g/mol. The fourth-order valence-electron chi connectivity index (χ4n) is 4.15. The van der Waals surface area contributed by atoms with Crippen LogP contribution in [0, 0.1) is 29.1 Å². The first-order valence-electron chi connectivity index (χ1n) is 11.9. The maximum atomic E-state index is 8.62. The van der Waals surface area contributed by atoms with E-state index in [0.29, 0.717) is 12.3 Å². The van der Waals surface area contributed by atoms with Crippen molar-refractivity contribution in [1.82, 2.24) is 0 Å². The highest BCUT2D eigenvalue weighted by atomic mass is 32.2. The van der Waals surface area contributed by atoms with Gasteiger partial charge in [0, 0.05) is 17.9 Å². The van der Waals surface area contributed by atoms with Crippen LogP contribution in [0.5, 0.6) is 0 Å². The van der Waals surface area contributed by atoms with E-state index in [0.717, 1.165) is 41.5 Å². The number of amidine groups is 2. The molecule has 4 heteroatoms. The lowest BCUT2D eigenvalue weighted by Crippen LogP contribution is -2.29. The zero-order chi connectivity index (χ0) is 24.8. The van der Waals surface area contributed by atoms with Crippen molar-refractivity contribution >= 4 is 29.5 Å². The minimum Gasteiger partial charge on any atom is -0.386 e. The van der Waals surface area contributed by atoms with E-state index in [4.69, 9.17) is 11.1 Å². The third-order valence-electron chi connectivity index (χ3n) is 6.22. The normalized spacial score (nSPS) is 22.0. The van der Waals surface area contributed by atoms with Gasteiger partial charge in [0.2, 0.25) is 0 Å². The van der Waals surface area contributed by atoms with Crippen molar-refractivity contribution in [3.05, 3.63) is 112 Å². The van der Waals surface area contributed by atoms with Gasteiger partial charge in [-0.2, -0.15) is 0 Å². The van der Waals surface area contributed by atoms with Gasteiger partial charge in [0.15, 0.2) is 5.84 Å². The molecule has 0 spiro atoms. The summed E-state index contributed by atoms with van der Waals surface area (Å²) in [6.07, 6.45) is 18.4. The average Bonchev–Trinajstić information content (AvgIpc) is 3.15. The highest BCUT2D eigenvalue weighted by molar-refractivity contribution is 8.07. The Labute approximate surface area is 213 Å². The molecule has 0 radical (unpaired) electrons. The van der Waals surface area contributed by atoms with Gasteiger partial charge in [-0.05, 0) is 53.2 Å². The highest BCUT2D eigenvalue weighted by Crippen LogP contribution is 2.46. The Morgan fingerprint density at radius 3 is 2.94 bits per heavy atom. The fraction of sp³-hybridized carbons (Fsp3) is 0.226. The first-order chi connectivity index (χ1) is 16.9. The maximum Gasteiger partial charge on any atom is 0.153 e. The number of aliphatic imine (C=N–C) groups is 1. The number of nitrogens with two attached hydrogens (primary N) is 1. The van der Waals surface area contributed by atoms with Crippen LogP contribution < -0.4 is 5.73 Å². The molecule has 0 bridgehead atoms. The van der Waals surface area contributed by atoms with Gasteiger partial charge < -0.3 is 5.73 Å². The summed E-state index contributed by atoms with van der Waals surface area (Å²) in [5.74, 6) is 6.93. The van der Waals surface area contributed by atoms with E-state index in [9.17, 15) is 0 Å². The Morgan fingerprint density at radius 1 is 1.31 bits per heavy atom. The average molecular weight is 478 g/mol. The van der Waals surface area contributed by atoms with E-state index >= 15 is 0 Å². The maximum absolute atomic E-state index is 8.62. The van der Waals surface area contributed by atoms with Gasteiger partial charge in [-0.25, -0.2) is 4.99 Å². The molecule has 176 valence electrons. The smallest absolute Gasteiger partial charge is 0.153 e. The monoisotopic (exact) mass is 477 g/mol. The second-order valence-electron chi connectivity index (χ2n) is 8.98. The van der Waals surface area contributed by atoms with Crippen LogP contribution in [0.3, 0.4) is 0 Å². The van der Waals surface area contributed by atoms with Crippen molar-refractivity contribution in [3.63, 3.8) is 0 Å². The summed E-state index contributed by atoms with van der Waals surface area (Å²) in [4.78, 5) is 7.09. The largest absolute Gasteiger partial charge is 0.386 e. The molecule has 2 aliphatic carbocycles. The molecule has 35 heavy (non-hydrogen) atoms. The van der Waals surface area contributed by atoms with Crippen molar-refractivity contribution < 1.29 is 0 Å². The van der Waals surface area contributed by atoms with E-state index in [1.807, 2.05) is 37.3 Å². The van der Waals surface area contributed by atoms with Crippen LogP contribution in [-0.4, -0.2) is 11.7 Å². The Kier molecular flexibility index (Phi) is 7.90. The Morgan fingerprint density at radius 2 is 2.17 bits per heavy atom. The van der Waals surface area contributed by atoms with Crippen molar-refractivity contribution in [2.45, 2.75) is 32.6 Å². The minimum absolute atomic E-state index is 0.0851. The summed E-state index contributed by atoms with van der Waals surface area (Å²) >= 11 is 1.81. The number of hydrogen-bond donors (Lipinski definition) is 2. The second kappa shape index (κ2) is 11.3. The topological polar surface area (TPSA) is 62.2 Å². The molecule has 2 atom stereocenters. The van der Waals surface area contributed by atoms with Crippen molar-refractivity contribution in [2.75, 3.05) is 0 Å². The van der Waals surface area contributed by atoms with Gasteiger partial charge in [0.05, 0.1) is 5.92 Å². The number of nitrogens with zero attached hydrogens (tertiary/aromatic N) is 1. The highest BCUT2D eigenvalue weighted by Gasteiger charge is 2.32. The van der Waals surface area contributed by atoms with Gasteiger partial charge >= 0.3 is 0 Å². The second-order valence-corrected chi connectivity index (χ2v) is 10.2. The Hall–Kier alpha value is -3.55. The van der Waals surface area contributed by atoms with Crippen LogP contribution in [0.25, 0.3) is 6.08 Å². The van der Waals surface area contributed by atoms with E-state index in [1.165, 1.54) is 15.4 Å². The Bertz CT molecular complexity index is 1300. The summed E-state index contributed by atoms with van der Waals surface area (Å²) in [6.45, 7) is 10.1. The lowest BCUT2D eigenvalue weighted by Gasteiger charge is -2.17. The molecule has 0 aromatic heterocycles. The molecule has 3 nitrogen and oxygen atoms in total. The van der Waals surface area contributed by atoms with Gasteiger partial charge in [-0.1, -0.05) is 109 Å². The van der Waals surface area contributed by atoms with Gasteiger partial charge in [-0.15, -0.1) is 0 Å². The minimum atomic E-state index is -0.233. The first-order valence-corrected chi connectivity index (χ1v) is 12.7. The third kappa shape index (κ3) is 6.32. The number of fused-ring (bicyclic) bond motifs is 1. The summed E-state index contributed by atoms with van der Waals surface area (Å²) in [5.41, 5.74) is 11.6. The first kappa shape index (κ1) is 24.6. The lowest BCUT2D eigenvalue weighted by atomic mass is 9.91. The van der Waals surface area contributed by atoms with Crippen molar-refractivity contribution in [2.24, 2.45) is 22.6 Å². The van der Waals surface area contributed by atoms with Crippen molar-refractivity contribution in [1.29, 1.82) is 5.41 Å². The number of hydrogen-bond acceptors (Lipinski definition) is 2. The van der Waals surface area contributed by atoms with Crippen LogP contribution in [0.4, 0.5) is 0 Å². The van der Waals surface area contributed by atoms with E-state index in [2.05, 4.69) is 66.4 Å². The number of nitrogens with one attached hydrogen (secondary N) is 1. The SMILES string of the molecule is C=C(C)C(=C)CCC1=CC2C(=CCC#CC2C(N)=NC(=N)c2cccc(/C=C3\C=CC=CC3)c2)S1. The number of thioether (sulfide) groups is 1. The molecule has 3 N–H and O–H groups in total. The molecule has 3 aliphatic rings. The van der Waals surface area contributed by atoms with Crippen LogP contribution >= 0.6 is 11.8 Å². The molecule has 1 aliphatic heterocycles. The molecule has 0 saturated carbocycles. The van der Waals surface area contributed by atoms with Gasteiger partial charge in [-0.3, -0.25) is 5.41 Å². The fourth-order valence-corrected chi connectivity index (χ4v) is 5.38. The van der Waals surface area contributed by atoms with Gasteiger partial charge in [0.25, 0.3) is 0 Å². The number of rotatable bonds is 7. The van der Waals surface area contributed by atoms with Crippen LogP contribution in [-0.2, 0) is 0 Å². The predicted octanol–water partition coefficient (Wildman–Crippen LogP) is 7.34. The van der Waals surface area contributed by atoms with E-state index in [1.54, 1.807) is 11.8 Å². The summed E-state index contributed by atoms with van der Waals surface area (Å²) in [5, 5.41) is 8.62. The third-order valence-corrected chi connectivity index (χ3v) is 7.50. The zero-order valence-corrected chi connectivity index (χ0v) is 21.0. The molecule has 1 aromatic rings. The number of benzene rings is 1. The molecule has 0 fully saturated rings. The van der Waals surface area contributed by atoms with Crippen molar-refractivity contribution in [3.8, 4) is 11.8 Å². The molecule has 1 aromatic carbocycles. The standard InChI is InChI=1S/C31H31N3S/c1-21(2)22(3)16-17-26-20-28-27(14-7-8-15-29(28)35-26)31(33)34-30(32)25-13-9-12-24(19-25)18-23-10-5-4-6-11-23/h4-6,9-10,12-13,15,18-20,27-28H,1,3,8,11,16-17H2,2H3,(H3,32,33,34)/b23-18+. The summed E-state index contributed by atoms with van der Waals surface area (Å²) in [7, 11) is 0. The molecule has 1 heterocycles. The van der Waals surface area contributed by atoms with Crippen LogP contribution in [0.2, 0.25) is 0 Å². The lowest BCUT2D eigenvalue weighted by molar-refractivity contribution is 0.720. The summed E-state index contributed by atoms with van der Waals surface area (Å²) in [6, 6.07) is 7.89. The van der Waals surface area contributed by atoms with E-state index in [-0.39, 0.29) is 17.7 Å². The zero-order valence-electron chi connectivity index (χ0n) is 20.2. The Balaban J connectivity index is 1.51. The quantitative estimate of drug-likeness (QED) is 0.187. The predicted molar refractivity (Wildman–Crippen MR) is 152 cm³/mol. The molecule has 0 amide bonds. The van der Waals surface area contributed by atoms with E-state index < -0.39 is 0 Å². The molecule has 0 saturated heterocycles. The van der Waals surface area contributed by atoms with Gasteiger partial charge in [0.1, 0.15) is 5.84 Å². The molecular formula is C31H31N3S. The van der Waals surface area contributed by atoms with Crippen LogP contribution in [0.15, 0.2) is 105 Å². The van der Waals surface area contributed by atoms with Crippen LogP contribution in [0.1, 0.15) is 43.7 Å².